The number of carbonyl (C=O) groups excluding carboxylic acids is 3. The summed E-state index contributed by atoms with van der Waals surface area (Å²) < 4.78 is 26.1. The van der Waals surface area contributed by atoms with Crippen molar-refractivity contribution < 1.29 is 22.8 Å². The lowest BCUT2D eigenvalue weighted by Gasteiger charge is -2.17. The van der Waals surface area contributed by atoms with Gasteiger partial charge in [0, 0.05) is 26.2 Å². The molecule has 0 spiro atoms. The van der Waals surface area contributed by atoms with E-state index in [9.17, 15) is 22.8 Å². The molecule has 1 aliphatic heterocycles. The zero-order valence-corrected chi connectivity index (χ0v) is 19.2. The summed E-state index contributed by atoms with van der Waals surface area (Å²) in [5.41, 5.74) is 2.57. The molecule has 1 heterocycles. The highest BCUT2D eigenvalue weighted by Crippen LogP contribution is 2.25. The van der Waals surface area contributed by atoms with E-state index in [0.717, 1.165) is 14.8 Å². The topological polar surface area (TPSA) is 116 Å². The van der Waals surface area contributed by atoms with Gasteiger partial charge in [-0.05, 0) is 42.7 Å². The van der Waals surface area contributed by atoms with E-state index < -0.39 is 40.5 Å². The monoisotopic (exact) mass is 458 g/mol. The maximum atomic E-state index is 12.7. The Bertz CT molecular complexity index is 1160. The van der Waals surface area contributed by atoms with E-state index in [1.54, 1.807) is 13.8 Å². The number of aryl methyl sites for hydroxylation is 1. The Labute approximate surface area is 187 Å². The van der Waals surface area contributed by atoms with Crippen LogP contribution in [0.4, 0.5) is 10.5 Å². The first-order valence-electron chi connectivity index (χ1n) is 10.00. The van der Waals surface area contributed by atoms with Gasteiger partial charge in [0.15, 0.2) is 0 Å². The molecule has 170 valence electrons. The number of urea groups is 1. The van der Waals surface area contributed by atoms with Crippen molar-refractivity contribution in [3.05, 3.63) is 59.2 Å². The van der Waals surface area contributed by atoms with Gasteiger partial charge in [-0.1, -0.05) is 30.3 Å². The number of carbonyl (C=O) groups is 3. The minimum Gasteiger partial charge on any atom is -0.325 e. The molecule has 0 aliphatic carbocycles. The molecular formula is C22H26N4O5S. The van der Waals surface area contributed by atoms with Crippen molar-refractivity contribution >= 4 is 33.6 Å². The van der Waals surface area contributed by atoms with Crippen LogP contribution in [0.2, 0.25) is 0 Å². The van der Waals surface area contributed by atoms with Crippen molar-refractivity contribution in [1.29, 1.82) is 0 Å². The average molecular weight is 459 g/mol. The number of imide groups is 1. The number of rotatable bonds is 7. The molecule has 10 heteroatoms. The summed E-state index contributed by atoms with van der Waals surface area (Å²) in [5.74, 6) is -1.08. The summed E-state index contributed by atoms with van der Waals surface area (Å²) in [5, 5.41) is 5.25. The van der Waals surface area contributed by atoms with E-state index in [0.29, 0.717) is 23.2 Å². The molecule has 1 saturated heterocycles. The van der Waals surface area contributed by atoms with E-state index in [2.05, 4.69) is 10.6 Å². The van der Waals surface area contributed by atoms with E-state index in [4.69, 9.17) is 0 Å². The van der Waals surface area contributed by atoms with Gasteiger partial charge in [-0.3, -0.25) is 14.5 Å². The highest BCUT2D eigenvalue weighted by molar-refractivity contribution is 7.89. The molecule has 1 aliphatic rings. The van der Waals surface area contributed by atoms with Crippen molar-refractivity contribution in [3.8, 4) is 0 Å². The molecule has 2 N–H and O–H groups in total. The number of sulfonamides is 1. The minimum absolute atomic E-state index is 0.0406. The lowest BCUT2D eigenvalue weighted by atomic mass is 10.1. The summed E-state index contributed by atoms with van der Waals surface area (Å²) in [6.45, 7) is 3.02. The Kier molecular flexibility index (Phi) is 6.65. The second kappa shape index (κ2) is 9.09. The van der Waals surface area contributed by atoms with Crippen molar-refractivity contribution in [2.45, 2.75) is 31.2 Å². The fraction of sp³-hybridized carbons (Fsp3) is 0.318. The number of anilines is 1. The van der Waals surface area contributed by atoms with Crippen LogP contribution in [0.5, 0.6) is 0 Å². The van der Waals surface area contributed by atoms with Crippen LogP contribution in [0, 0.1) is 13.8 Å². The van der Waals surface area contributed by atoms with Crippen LogP contribution in [0.3, 0.4) is 0 Å². The summed E-state index contributed by atoms with van der Waals surface area (Å²) in [6, 6.07) is 10.8. The Morgan fingerprint density at radius 2 is 1.78 bits per heavy atom. The largest absolute Gasteiger partial charge is 0.325 e. The molecule has 1 fully saturated rings. The molecule has 0 bridgehead atoms. The predicted molar refractivity (Wildman–Crippen MR) is 120 cm³/mol. The lowest BCUT2D eigenvalue weighted by Crippen LogP contribution is -2.38. The van der Waals surface area contributed by atoms with Crippen LogP contribution in [0.25, 0.3) is 0 Å². The summed E-state index contributed by atoms with van der Waals surface area (Å²) in [7, 11) is -0.852. The Balaban J connectivity index is 1.74. The lowest BCUT2D eigenvalue weighted by molar-refractivity contribution is -0.130. The van der Waals surface area contributed by atoms with Crippen molar-refractivity contribution in [2.75, 3.05) is 26.0 Å². The first-order valence-corrected chi connectivity index (χ1v) is 11.4. The SMILES string of the molecule is Cc1cc(S(=O)(=O)N(C)C)cc(NC(=O)CN2C(=O)NC(Cc3ccccc3)C2=O)c1C. The maximum absolute atomic E-state index is 12.7. The third-order valence-corrected chi connectivity index (χ3v) is 7.18. The number of amides is 4. The second-order valence-electron chi connectivity index (χ2n) is 7.86. The molecule has 4 amide bonds. The number of hydrogen-bond donors (Lipinski definition) is 2. The van der Waals surface area contributed by atoms with Gasteiger partial charge in [0.1, 0.15) is 12.6 Å². The standard InChI is InChI=1S/C22H26N4O5S/c1-14-10-17(32(30,31)25(3)4)12-18(15(14)2)23-20(27)13-26-21(28)19(24-22(26)29)11-16-8-6-5-7-9-16/h5-10,12,19H,11,13H2,1-4H3,(H,23,27)(H,24,29). The fourth-order valence-electron chi connectivity index (χ4n) is 3.36. The van der Waals surface area contributed by atoms with Crippen molar-refractivity contribution in [1.82, 2.24) is 14.5 Å². The Morgan fingerprint density at radius 1 is 1.12 bits per heavy atom. The Morgan fingerprint density at radius 3 is 2.41 bits per heavy atom. The van der Waals surface area contributed by atoms with Gasteiger partial charge in [-0.15, -0.1) is 0 Å². The van der Waals surface area contributed by atoms with Crippen LogP contribution in [-0.2, 0) is 26.0 Å². The van der Waals surface area contributed by atoms with E-state index >= 15 is 0 Å². The molecule has 32 heavy (non-hydrogen) atoms. The van der Waals surface area contributed by atoms with Crippen LogP contribution in [0.1, 0.15) is 16.7 Å². The molecule has 3 rings (SSSR count). The molecule has 2 aromatic rings. The molecule has 0 aromatic heterocycles. The summed E-state index contributed by atoms with van der Waals surface area (Å²) >= 11 is 0. The van der Waals surface area contributed by atoms with Gasteiger partial charge in [-0.25, -0.2) is 17.5 Å². The minimum atomic E-state index is -3.70. The molecule has 2 aromatic carbocycles. The molecular weight excluding hydrogens is 432 g/mol. The number of nitrogens with zero attached hydrogens (tertiary/aromatic N) is 2. The van der Waals surface area contributed by atoms with Crippen LogP contribution < -0.4 is 10.6 Å². The Hall–Kier alpha value is -3.24. The van der Waals surface area contributed by atoms with Crippen molar-refractivity contribution in [2.24, 2.45) is 0 Å². The summed E-state index contributed by atoms with van der Waals surface area (Å²) in [4.78, 5) is 38.5. The van der Waals surface area contributed by atoms with Gasteiger partial charge in [0.2, 0.25) is 15.9 Å². The number of hydrogen-bond acceptors (Lipinski definition) is 5. The first-order chi connectivity index (χ1) is 15.0. The van der Waals surface area contributed by atoms with Gasteiger partial charge >= 0.3 is 6.03 Å². The normalized spacial score (nSPS) is 16.4. The average Bonchev–Trinajstić information content (AvgIpc) is 2.99. The molecule has 9 nitrogen and oxygen atoms in total. The molecule has 1 unspecified atom stereocenters. The third kappa shape index (κ3) is 4.81. The van der Waals surface area contributed by atoms with Crippen LogP contribution >= 0.6 is 0 Å². The van der Waals surface area contributed by atoms with Crippen LogP contribution in [0.15, 0.2) is 47.4 Å². The van der Waals surface area contributed by atoms with Crippen LogP contribution in [-0.4, -0.2) is 62.2 Å². The number of nitrogens with one attached hydrogen (secondary N) is 2. The zero-order valence-electron chi connectivity index (χ0n) is 18.4. The first kappa shape index (κ1) is 23.4. The zero-order chi connectivity index (χ0) is 23.6. The highest BCUT2D eigenvalue weighted by atomic mass is 32.2. The summed E-state index contributed by atoms with van der Waals surface area (Å²) in [6.07, 6.45) is 0.326. The van der Waals surface area contributed by atoms with Gasteiger partial charge in [0.25, 0.3) is 5.91 Å². The quantitative estimate of drug-likeness (QED) is 0.612. The van der Waals surface area contributed by atoms with E-state index in [1.807, 2.05) is 30.3 Å². The fourth-order valence-corrected chi connectivity index (χ4v) is 4.38. The maximum Gasteiger partial charge on any atom is 0.325 e. The van der Waals surface area contributed by atoms with Gasteiger partial charge in [0.05, 0.1) is 4.90 Å². The van der Waals surface area contributed by atoms with Crippen molar-refractivity contribution in [3.63, 3.8) is 0 Å². The van der Waals surface area contributed by atoms with E-state index in [1.165, 1.54) is 26.2 Å². The smallest absolute Gasteiger partial charge is 0.325 e. The van der Waals surface area contributed by atoms with E-state index in [-0.39, 0.29) is 4.90 Å². The van der Waals surface area contributed by atoms with Gasteiger partial charge in [-0.2, -0.15) is 0 Å². The highest BCUT2D eigenvalue weighted by Gasteiger charge is 2.39. The predicted octanol–water partition coefficient (Wildman–Crippen LogP) is 1.66. The molecule has 0 saturated carbocycles. The molecule has 1 atom stereocenters. The number of benzene rings is 2. The van der Waals surface area contributed by atoms with Gasteiger partial charge < -0.3 is 10.6 Å². The molecule has 0 radical (unpaired) electrons. The third-order valence-electron chi connectivity index (χ3n) is 5.38. The second-order valence-corrected chi connectivity index (χ2v) is 10.0.